The number of cyclic esters (lactones) is 1. The van der Waals surface area contributed by atoms with Crippen LogP contribution in [0.25, 0.3) is 0 Å². The standard InChI is InChI=1S/C20H26O6/c1-17-10-26-16(23)20(17,24)15(22)18(2)13(17)5-6-19(9-21)12-8-25-7-11(12)3-4-14(18)19/h7-8,13-15,21-22,24H,3-6,9-10H2,1-2H3/t13-,14+,15+,17+,18-,19+,20-/m0/s1. The van der Waals surface area contributed by atoms with Crippen molar-refractivity contribution >= 4 is 5.97 Å². The van der Waals surface area contributed by atoms with Crippen LogP contribution in [0.15, 0.2) is 16.9 Å². The van der Waals surface area contributed by atoms with Crippen molar-refractivity contribution in [3.63, 3.8) is 0 Å². The number of furan rings is 1. The van der Waals surface area contributed by atoms with Gasteiger partial charge in [-0.1, -0.05) is 13.8 Å². The second-order valence-electron chi connectivity index (χ2n) is 9.34. The molecule has 4 aliphatic rings. The van der Waals surface area contributed by atoms with Gasteiger partial charge in [0, 0.05) is 21.8 Å². The van der Waals surface area contributed by atoms with E-state index >= 15 is 0 Å². The molecule has 3 aliphatic carbocycles. The summed E-state index contributed by atoms with van der Waals surface area (Å²) >= 11 is 0. The molecule has 1 saturated heterocycles. The van der Waals surface area contributed by atoms with E-state index < -0.39 is 33.9 Å². The number of carbonyl (C=O) groups is 1. The number of fused-ring (bicyclic) bond motifs is 7. The number of ether oxygens (including phenoxy) is 1. The van der Waals surface area contributed by atoms with Gasteiger partial charge in [-0.15, -0.1) is 0 Å². The molecular weight excluding hydrogens is 336 g/mol. The van der Waals surface area contributed by atoms with Crippen LogP contribution in [0.1, 0.15) is 44.2 Å². The number of esters is 1. The lowest BCUT2D eigenvalue weighted by atomic mass is 9.45. The molecule has 0 spiro atoms. The predicted molar refractivity (Wildman–Crippen MR) is 90.1 cm³/mol. The topological polar surface area (TPSA) is 100 Å². The minimum atomic E-state index is -1.88. The zero-order valence-corrected chi connectivity index (χ0v) is 15.2. The lowest BCUT2D eigenvalue weighted by Crippen LogP contribution is -2.60. The third kappa shape index (κ3) is 1.44. The summed E-state index contributed by atoms with van der Waals surface area (Å²) in [6, 6.07) is 0. The molecule has 3 N–H and O–H groups in total. The smallest absolute Gasteiger partial charge is 0.341 e. The largest absolute Gasteiger partial charge is 0.472 e. The van der Waals surface area contributed by atoms with E-state index in [0.717, 1.165) is 30.4 Å². The van der Waals surface area contributed by atoms with Crippen molar-refractivity contribution in [2.24, 2.45) is 22.7 Å². The first-order valence-corrected chi connectivity index (χ1v) is 9.51. The summed E-state index contributed by atoms with van der Waals surface area (Å²) in [5.41, 5.74) is -1.72. The molecule has 0 radical (unpaired) electrons. The first-order chi connectivity index (χ1) is 12.3. The maximum atomic E-state index is 12.4. The van der Waals surface area contributed by atoms with Crippen molar-refractivity contribution in [2.45, 2.75) is 56.7 Å². The quantitative estimate of drug-likeness (QED) is 0.648. The van der Waals surface area contributed by atoms with Gasteiger partial charge in [-0.05, 0) is 43.1 Å². The molecule has 1 aliphatic heterocycles. The van der Waals surface area contributed by atoms with Gasteiger partial charge in [-0.25, -0.2) is 4.79 Å². The molecule has 7 atom stereocenters. The fraction of sp³-hybridized carbons (Fsp3) is 0.750. The molecule has 1 aromatic heterocycles. The van der Waals surface area contributed by atoms with Gasteiger partial charge >= 0.3 is 5.97 Å². The number of aryl methyl sites for hydroxylation is 1. The lowest BCUT2D eigenvalue weighted by Gasteiger charge is -2.58. The first-order valence-electron chi connectivity index (χ1n) is 9.51. The van der Waals surface area contributed by atoms with Gasteiger partial charge < -0.3 is 24.5 Å². The summed E-state index contributed by atoms with van der Waals surface area (Å²) in [5.74, 6) is -0.810. The highest BCUT2D eigenvalue weighted by molar-refractivity contribution is 5.85. The van der Waals surface area contributed by atoms with Crippen LogP contribution in [-0.2, 0) is 21.4 Å². The summed E-state index contributed by atoms with van der Waals surface area (Å²) in [7, 11) is 0. The van der Waals surface area contributed by atoms with Crippen molar-refractivity contribution in [2.75, 3.05) is 13.2 Å². The maximum Gasteiger partial charge on any atom is 0.341 e. The third-order valence-electron chi connectivity index (χ3n) is 8.75. The van der Waals surface area contributed by atoms with Crippen LogP contribution < -0.4 is 0 Å². The molecule has 3 fully saturated rings. The zero-order chi connectivity index (χ0) is 18.5. The molecule has 0 unspecified atom stereocenters. The van der Waals surface area contributed by atoms with Gasteiger partial charge in [0.05, 0.1) is 19.1 Å². The minimum absolute atomic E-state index is 0.0289. The normalized spacial score (nSPS) is 52.0. The van der Waals surface area contributed by atoms with Crippen molar-refractivity contribution in [1.29, 1.82) is 0 Å². The first kappa shape index (κ1) is 16.8. The fourth-order valence-corrected chi connectivity index (χ4v) is 7.46. The maximum absolute atomic E-state index is 12.4. The van der Waals surface area contributed by atoms with Crippen LogP contribution in [-0.4, -0.2) is 46.2 Å². The summed E-state index contributed by atoms with van der Waals surface area (Å²) < 4.78 is 10.7. The number of hydrogen-bond acceptors (Lipinski definition) is 6. The Balaban J connectivity index is 1.70. The van der Waals surface area contributed by atoms with E-state index in [1.807, 2.05) is 13.8 Å². The lowest BCUT2D eigenvalue weighted by molar-refractivity contribution is -0.176. The van der Waals surface area contributed by atoms with E-state index in [1.165, 1.54) is 0 Å². The molecule has 0 bridgehead atoms. The molecule has 6 nitrogen and oxygen atoms in total. The van der Waals surface area contributed by atoms with Gasteiger partial charge in [-0.2, -0.15) is 0 Å². The molecule has 5 rings (SSSR count). The highest BCUT2D eigenvalue weighted by atomic mass is 16.6. The molecule has 2 saturated carbocycles. The molecule has 2 heterocycles. The Bertz CT molecular complexity index is 787. The number of hydrogen-bond donors (Lipinski definition) is 3. The second kappa shape index (κ2) is 4.72. The van der Waals surface area contributed by atoms with Gasteiger partial charge in [-0.3, -0.25) is 0 Å². The van der Waals surface area contributed by atoms with E-state index in [1.54, 1.807) is 12.5 Å². The van der Waals surface area contributed by atoms with Gasteiger partial charge in [0.2, 0.25) is 0 Å². The highest BCUT2D eigenvalue weighted by Gasteiger charge is 2.81. The van der Waals surface area contributed by atoms with E-state index in [2.05, 4.69) is 0 Å². The van der Waals surface area contributed by atoms with Crippen molar-refractivity contribution < 1.29 is 29.3 Å². The van der Waals surface area contributed by atoms with E-state index in [-0.39, 0.29) is 25.0 Å². The number of rotatable bonds is 1. The molecule has 0 aromatic carbocycles. The van der Waals surface area contributed by atoms with Crippen LogP contribution in [0.5, 0.6) is 0 Å². The van der Waals surface area contributed by atoms with Gasteiger partial charge in [0.25, 0.3) is 0 Å². The molecule has 6 heteroatoms. The second-order valence-corrected chi connectivity index (χ2v) is 9.34. The highest BCUT2D eigenvalue weighted by Crippen LogP contribution is 2.72. The Morgan fingerprint density at radius 2 is 2.00 bits per heavy atom. The monoisotopic (exact) mass is 362 g/mol. The number of carbonyl (C=O) groups excluding carboxylic acids is 1. The summed E-state index contributed by atoms with van der Waals surface area (Å²) in [4.78, 5) is 12.4. The summed E-state index contributed by atoms with van der Waals surface area (Å²) in [6.45, 7) is 3.97. The van der Waals surface area contributed by atoms with Crippen LogP contribution in [0, 0.1) is 22.7 Å². The Labute approximate surface area is 152 Å². The zero-order valence-electron chi connectivity index (χ0n) is 15.2. The Morgan fingerprint density at radius 3 is 2.73 bits per heavy atom. The van der Waals surface area contributed by atoms with Crippen LogP contribution in [0.3, 0.4) is 0 Å². The Hall–Kier alpha value is -1.37. The number of aliphatic hydroxyl groups excluding tert-OH is 2. The Morgan fingerprint density at radius 1 is 1.23 bits per heavy atom. The molecule has 142 valence electrons. The van der Waals surface area contributed by atoms with Crippen LogP contribution in [0.4, 0.5) is 0 Å². The average molecular weight is 362 g/mol. The molecule has 1 aromatic rings. The fourth-order valence-electron chi connectivity index (χ4n) is 7.46. The van der Waals surface area contributed by atoms with Gasteiger partial charge in [0.15, 0.2) is 5.60 Å². The van der Waals surface area contributed by atoms with E-state index in [0.29, 0.717) is 6.42 Å². The SMILES string of the molecule is C[C@]12[C@@H](O)[C@]3(O)C(=O)OC[C@]3(C)[C@@H]1CC[C@@]1(CO)c3cocc3CC[C@@H]12. The predicted octanol–water partition coefficient (Wildman–Crippen LogP) is 1.16. The van der Waals surface area contributed by atoms with E-state index in [9.17, 15) is 20.1 Å². The third-order valence-corrected chi connectivity index (χ3v) is 8.75. The average Bonchev–Trinajstić information content (AvgIpc) is 3.24. The van der Waals surface area contributed by atoms with Crippen LogP contribution in [0.2, 0.25) is 0 Å². The Kier molecular flexibility index (Phi) is 3.05. The van der Waals surface area contributed by atoms with E-state index in [4.69, 9.17) is 9.15 Å². The van der Waals surface area contributed by atoms with Crippen molar-refractivity contribution in [3.05, 3.63) is 23.7 Å². The molecule has 26 heavy (non-hydrogen) atoms. The summed E-state index contributed by atoms with van der Waals surface area (Å²) in [6.07, 6.45) is 5.32. The summed E-state index contributed by atoms with van der Waals surface area (Å²) in [5, 5.41) is 33.1. The minimum Gasteiger partial charge on any atom is -0.472 e. The molecule has 0 amide bonds. The van der Waals surface area contributed by atoms with Crippen molar-refractivity contribution in [3.8, 4) is 0 Å². The van der Waals surface area contributed by atoms with Crippen molar-refractivity contribution in [1.82, 2.24) is 0 Å². The van der Waals surface area contributed by atoms with Gasteiger partial charge in [0.1, 0.15) is 12.7 Å². The number of aliphatic hydroxyl groups is 3. The molecular formula is C20H26O6. The van der Waals surface area contributed by atoms with Crippen LogP contribution >= 0.6 is 0 Å².